The zero-order valence-electron chi connectivity index (χ0n) is 9.29. The third kappa shape index (κ3) is 2.69. The Morgan fingerprint density at radius 2 is 2.07 bits per heavy atom. The molecule has 0 aliphatic carbocycles. The zero-order valence-corrected chi connectivity index (χ0v) is 10.1. The first kappa shape index (κ1) is 11.5. The monoisotopic (exact) mass is 213 g/mol. The van der Waals surface area contributed by atoms with Crippen molar-refractivity contribution in [1.29, 1.82) is 0 Å². The van der Waals surface area contributed by atoms with E-state index in [0.717, 1.165) is 10.8 Å². The smallest absolute Gasteiger partial charge is 0.183 e. The van der Waals surface area contributed by atoms with Gasteiger partial charge in [0.05, 0.1) is 5.69 Å². The van der Waals surface area contributed by atoms with Crippen LogP contribution in [0.5, 0.6) is 0 Å². The predicted molar refractivity (Wildman–Crippen MR) is 62.9 cm³/mol. The zero-order chi connectivity index (χ0) is 10.7. The maximum Gasteiger partial charge on any atom is 0.183 e. The molecule has 0 spiro atoms. The summed E-state index contributed by atoms with van der Waals surface area (Å²) in [5.41, 5.74) is 6.79. The lowest BCUT2D eigenvalue weighted by molar-refractivity contribution is 0.531. The molecule has 0 saturated heterocycles. The molecule has 0 fully saturated rings. The molecule has 4 heteroatoms. The van der Waals surface area contributed by atoms with Gasteiger partial charge in [0.1, 0.15) is 0 Å². The number of hydrogen-bond donors (Lipinski definition) is 2. The molecule has 1 aromatic rings. The normalized spacial score (nSPS) is 13.3. The van der Waals surface area contributed by atoms with Crippen molar-refractivity contribution in [3.05, 3.63) is 10.6 Å². The summed E-state index contributed by atoms with van der Waals surface area (Å²) in [5, 5.41) is 4.36. The number of rotatable bonds is 4. The van der Waals surface area contributed by atoms with Crippen molar-refractivity contribution in [3.63, 3.8) is 0 Å². The first-order valence-electron chi connectivity index (χ1n) is 4.95. The SMILES string of the molecule is Cc1nc(NC(CN)C(C)C)sc1C. The van der Waals surface area contributed by atoms with Crippen molar-refractivity contribution >= 4 is 16.5 Å². The summed E-state index contributed by atoms with van der Waals surface area (Å²) in [6, 6.07) is 0.319. The summed E-state index contributed by atoms with van der Waals surface area (Å²) in [5.74, 6) is 0.532. The van der Waals surface area contributed by atoms with Crippen LogP contribution in [0.15, 0.2) is 0 Å². The second-order valence-electron chi connectivity index (χ2n) is 3.89. The van der Waals surface area contributed by atoms with Gasteiger partial charge in [0.2, 0.25) is 0 Å². The van der Waals surface area contributed by atoms with E-state index < -0.39 is 0 Å². The van der Waals surface area contributed by atoms with Gasteiger partial charge >= 0.3 is 0 Å². The van der Waals surface area contributed by atoms with Crippen molar-refractivity contribution in [3.8, 4) is 0 Å². The lowest BCUT2D eigenvalue weighted by atomic mass is 10.1. The molecule has 0 bridgehead atoms. The van der Waals surface area contributed by atoms with E-state index in [4.69, 9.17) is 5.73 Å². The largest absolute Gasteiger partial charge is 0.357 e. The molecule has 1 heterocycles. The fraction of sp³-hybridized carbons (Fsp3) is 0.700. The van der Waals surface area contributed by atoms with E-state index in [9.17, 15) is 0 Å². The summed E-state index contributed by atoms with van der Waals surface area (Å²) < 4.78 is 0. The Hall–Kier alpha value is -0.610. The maximum absolute atomic E-state index is 5.68. The van der Waals surface area contributed by atoms with Gasteiger partial charge in [0, 0.05) is 17.5 Å². The average Bonchev–Trinajstić information content (AvgIpc) is 2.41. The average molecular weight is 213 g/mol. The Balaban J connectivity index is 2.67. The first-order valence-corrected chi connectivity index (χ1v) is 5.77. The molecule has 14 heavy (non-hydrogen) atoms. The fourth-order valence-corrected chi connectivity index (χ4v) is 2.07. The van der Waals surface area contributed by atoms with Crippen LogP contribution in [-0.2, 0) is 0 Å². The number of aromatic nitrogens is 1. The Labute approximate surface area is 89.7 Å². The maximum atomic E-state index is 5.68. The Morgan fingerprint density at radius 1 is 1.43 bits per heavy atom. The molecule has 1 rings (SSSR count). The highest BCUT2D eigenvalue weighted by Crippen LogP contribution is 2.22. The molecule has 1 aromatic heterocycles. The molecule has 0 aliphatic heterocycles. The molecule has 0 saturated carbocycles. The summed E-state index contributed by atoms with van der Waals surface area (Å²) in [4.78, 5) is 5.70. The summed E-state index contributed by atoms with van der Waals surface area (Å²) >= 11 is 1.70. The quantitative estimate of drug-likeness (QED) is 0.806. The second-order valence-corrected chi connectivity index (χ2v) is 5.09. The number of anilines is 1. The van der Waals surface area contributed by atoms with Crippen molar-refractivity contribution in [2.24, 2.45) is 11.7 Å². The third-order valence-electron chi connectivity index (χ3n) is 2.40. The minimum atomic E-state index is 0.319. The highest BCUT2D eigenvalue weighted by molar-refractivity contribution is 7.15. The van der Waals surface area contributed by atoms with E-state index in [-0.39, 0.29) is 0 Å². The molecular formula is C10H19N3S. The second kappa shape index (κ2) is 4.75. The van der Waals surface area contributed by atoms with Crippen LogP contribution >= 0.6 is 11.3 Å². The van der Waals surface area contributed by atoms with Crippen LogP contribution in [0.3, 0.4) is 0 Å². The van der Waals surface area contributed by atoms with E-state index >= 15 is 0 Å². The Bertz CT molecular complexity index is 274. The van der Waals surface area contributed by atoms with Gasteiger partial charge in [-0.1, -0.05) is 13.8 Å². The number of hydrogen-bond acceptors (Lipinski definition) is 4. The van der Waals surface area contributed by atoms with Gasteiger partial charge in [0.25, 0.3) is 0 Å². The van der Waals surface area contributed by atoms with E-state index in [1.54, 1.807) is 11.3 Å². The van der Waals surface area contributed by atoms with Gasteiger partial charge in [-0.2, -0.15) is 0 Å². The summed E-state index contributed by atoms with van der Waals surface area (Å²) in [6.07, 6.45) is 0. The topological polar surface area (TPSA) is 50.9 Å². The first-order chi connectivity index (χ1) is 6.54. The van der Waals surface area contributed by atoms with Crippen molar-refractivity contribution in [1.82, 2.24) is 4.98 Å². The van der Waals surface area contributed by atoms with E-state index in [2.05, 4.69) is 31.1 Å². The minimum Gasteiger partial charge on any atom is -0.357 e. The predicted octanol–water partition coefficient (Wildman–Crippen LogP) is 2.16. The van der Waals surface area contributed by atoms with Crippen LogP contribution in [0.4, 0.5) is 5.13 Å². The van der Waals surface area contributed by atoms with Crippen LogP contribution in [0.1, 0.15) is 24.4 Å². The lowest BCUT2D eigenvalue weighted by Gasteiger charge is -2.19. The molecular weight excluding hydrogens is 194 g/mol. The van der Waals surface area contributed by atoms with Crippen LogP contribution in [0, 0.1) is 19.8 Å². The highest BCUT2D eigenvalue weighted by atomic mass is 32.1. The highest BCUT2D eigenvalue weighted by Gasteiger charge is 2.13. The Kier molecular flexibility index (Phi) is 3.89. The molecule has 3 N–H and O–H groups in total. The van der Waals surface area contributed by atoms with Crippen molar-refractivity contribution in [2.75, 3.05) is 11.9 Å². The standard InChI is InChI=1S/C10H19N3S/c1-6(2)9(5-11)13-10-12-7(3)8(4)14-10/h6,9H,5,11H2,1-4H3,(H,12,13). The van der Waals surface area contributed by atoms with Gasteiger partial charge in [-0.15, -0.1) is 11.3 Å². The molecule has 1 atom stereocenters. The van der Waals surface area contributed by atoms with Gasteiger partial charge in [-0.3, -0.25) is 0 Å². The number of nitrogens with two attached hydrogens (primary N) is 1. The van der Waals surface area contributed by atoms with E-state index in [0.29, 0.717) is 18.5 Å². The van der Waals surface area contributed by atoms with Gasteiger partial charge in [0.15, 0.2) is 5.13 Å². The number of aryl methyl sites for hydroxylation is 2. The fourth-order valence-electron chi connectivity index (χ4n) is 1.19. The van der Waals surface area contributed by atoms with Gasteiger partial charge < -0.3 is 11.1 Å². The molecule has 80 valence electrons. The van der Waals surface area contributed by atoms with Gasteiger partial charge in [-0.05, 0) is 19.8 Å². The third-order valence-corrected chi connectivity index (χ3v) is 3.40. The minimum absolute atomic E-state index is 0.319. The Morgan fingerprint density at radius 3 is 2.43 bits per heavy atom. The number of thiazole rings is 1. The molecule has 0 radical (unpaired) electrons. The van der Waals surface area contributed by atoms with Crippen LogP contribution in [0.2, 0.25) is 0 Å². The van der Waals surface area contributed by atoms with E-state index in [1.165, 1.54) is 4.88 Å². The van der Waals surface area contributed by atoms with Crippen molar-refractivity contribution < 1.29 is 0 Å². The van der Waals surface area contributed by atoms with Crippen molar-refractivity contribution in [2.45, 2.75) is 33.7 Å². The summed E-state index contributed by atoms with van der Waals surface area (Å²) in [7, 11) is 0. The number of nitrogens with one attached hydrogen (secondary N) is 1. The molecule has 0 amide bonds. The van der Waals surface area contributed by atoms with Gasteiger partial charge in [-0.25, -0.2) is 4.98 Å². The molecule has 0 aliphatic rings. The van der Waals surface area contributed by atoms with E-state index in [1.807, 2.05) is 6.92 Å². The molecule has 1 unspecified atom stereocenters. The molecule has 0 aromatic carbocycles. The van der Waals surface area contributed by atoms with Crippen LogP contribution in [-0.4, -0.2) is 17.6 Å². The number of nitrogens with zero attached hydrogens (tertiary/aromatic N) is 1. The van der Waals surface area contributed by atoms with Crippen LogP contribution in [0.25, 0.3) is 0 Å². The van der Waals surface area contributed by atoms with Crippen LogP contribution < -0.4 is 11.1 Å². The summed E-state index contributed by atoms with van der Waals surface area (Å²) in [6.45, 7) is 9.10. The lowest BCUT2D eigenvalue weighted by Crippen LogP contribution is -2.33. The molecule has 3 nitrogen and oxygen atoms in total.